The number of rotatable bonds is 7. The number of anilines is 1. The van der Waals surface area contributed by atoms with Crippen LogP contribution in [-0.2, 0) is 14.3 Å². The summed E-state index contributed by atoms with van der Waals surface area (Å²) in [6.45, 7) is 2.65. The number of hydrogen-bond acceptors (Lipinski definition) is 12. The molecule has 1 N–H and O–H groups in total. The standard InChI is InChI=1S/C27H25N9O5S/c1-39-19-14-29-21(18-15-42-24(30-18)26-40-11-12-41-26)22-20(19)17(13-28-22)23(37)25(38)34-7-9-35(10-8-34)27-31-32-33-36(27)16-5-3-2-4-6-16/h2-6,13-15,26,28H,7-12H2,1H3. The average molecular weight is 588 g/mol. The molecule has 2 aliphatic rings. The maximum atomic E-state index is 13.6. The molecule has 7 rings (SSSR count). The van der Waals surface area contributed by atoms with Crippen LogP contribution in [0.5, 0.6) is 5.75 Å². The zero-order valence-corrected chi connectivity index (χ0v) is 23.3. The van der Waals surface area contributed by atoms with Crippen molar-refractivity contribution in [3.8, 4) is 22.8 Å². The number of carbonyl (C=O) groups is 2. The molecule has 0 unspecified atom stereocenters. The second kappa shape index (κ2) is 10.9. The summed E-state index contributed by atoms with van der Waals surface area (Å²) in [5.74, 6) is -0.269. The van der Waals surface area contributed by atoms with Gasteiger partial charge in [0.1, 0.15) is 22.1 Å². The summed E-state index contributed by atoms with van der Waals surface area (Å²) in [5, 5.41) is 15.2. The topological polar surface area (TPSA) is 153 Å². The number of hydrogen-bond donors (Lipinski definition) is 1. The van der Waals surface area contributed by atoms with Gasteiger partial charge in [-0.1, -0.05) is 23.3 Å². The molecule has 42 heavy (non-hydrogen) atoms. The summed E-state index contributed by atoms with van der Waals surface area (Å²) >= 11 is 1.40. The second-order valence-corrected chi connectivity index (χ2v) is 10.5. The lowest BCUT2D eigenvalue weighted by atomic mass is 10.1. The summed E-state index contributed by atoms with van der Waals surface area (Å²) in [6.07, 6.45) is 2.56. The van der Waals surface area contributed by atoms with E-state index in [4.69, 9.17) is 14.2 Å². The van der Waals surface area contributed by atoms with Gasteiger partial charge in [-0.3, -0.25) is 9.59 Å². The molecule has 2 saturated heterocycles. The lowest BCUT2D eigenvalue weighted by molar-refractivity contribution is -0.126. The molecule has 0 spiro atoms. The molecule has 0 bridgehead atoms. The number of para-hydroxylation sites is 1. The number of ether oxygens (including phenoxy) is 3. The van der Waals surface area contributed by atoms with E-state index < -0.39 is 18.0 Å². The highest BCUT2D eigenvalue weighted by Crippen LogP contribution is 2.36. The van der Waals surface area contributed by atoms with Gasteiger partial charge in [-0.15, -0.1) is 11.3 Å². The van der Waals surface area contributed by atoms with Crippen molar-refractivity contribution in [1.82, 2.24) is 40.1 Å². The zero-order chi connectivity index (χ0) is 28.6. The first-order valence-electron chi connectivity index (χ1n) is 13.3. The quantitative estimate of drug-likeness (QED) is 0.220. The summed E-state index contributed by atoms with van der Waals surface area (Å²) < 4.78 is 18.3. The Morgan fingerprint density at radius 2 is 1.88 bits per heavy atom. The third-order valence-corrected chi connectivity index (χ3v) is 8.09. The van der Waals surface area contributed by atoms with Crippen LogP contribution in [0.4, 0.5) is 5.95 Å². The molecule has 6 heterocycles. The largest absolute Gasteiger partial charge is 0.494 e. The fraction of sp³-hybridized carbons (Fsp3) is 0.296. The Morgan fingerprint density at radius 1 is 1.10 bits per heavy atom. The van der Waals surface area contributed by atoms with E-state index in [-0.39, 0.29) is 5.56 Å². The van der Waals surface area contributed by atoms with Crippen molar-refractivity contribution >= 4 is 39.9 Å². The maximum absolute atomic E-state index is 13.6. The molecule has 5 aromatic rings. The van der Waals surface area contributed by atoms with E-state index in [1.807, 2.05) is 40.6 Å². The Bertz CT molecular complexity index is 1750. The molecule has 0 saturated carbocycles. The van der Waals surface area contributed by atoms with Crippen molar-refractivity contribution < 1.29 is 23.8 Å². The van der Waals surface area contributed by atoms with E-state index in [1.165, 1.54) is 30.8 Å². The number of nitrogens with zero attached hydrogens (tertiary/aromatic N) is 8. The Labute approximate surface area is 242 Å². The van der Waals surface area contributed by atoms with Gasteiger partial charge in [-0.2, -0.15) is 4.68 Å². The van der Waals surface area contributed by atoms with Gasteiger partial charge in [0, 0.05) is 37.8 Å². The predicted octanol–water partition coefficient (Wildman–Crippen LogP) is 2.25. The van der Waals surface area contributed by atoms with Crippen LogP contribution in [0.15, 0.2) is 48.1 Å². The van der Waals surface area contributed by atoms with Gasteiger partial charge in [0.15, 0.2) is 0 Å². The number of thiazole rings is 1. The van der Waals surface area contributed by atoms with Crippen molar-refractivity contribution in [3.05, 3.63) is 58.7 Å². The lowest BCUT2D eigenvalue weighted by Crippen LogP contribution is -2.51. The third kappa shape index (κ3) is 4.56. The lowest BCUT2D eigenvalue weighted by Gasteiger charge is -2.34. The minimum Gasteiger partial charge on any atom is -0.494 e. The Morgan fingerprint density at radius 3 is 2.64 bits per heavy atom. The Kier molecular flexibility index (Phi) is 6.81. The highest BCUT2D eigenvalue weighted by Gasteiger charge is 2.32. The highest BCUT2D eigenvalue weighted by atomic mass is 32.1. The van der Waals surface area contributed by atoms with Crippen LogP contribution >= 0.6 is 11.3 Å². The van der Waals surface area contributed by atoms with Crippen LogP contribution in [0, 0.1) is 0 Å². The van der Waals surface area contributed by atoms with E-state index in [0.29, 0.717) is 78.4 Å². The van der Waals surface area contributed by atoms with Crippen LogP contribution in [0.3, 0.4) is 0 Å². The molecular formula is C27H25N9O5S. The number of pyridine rings is 1. The van der Waals surface area contributed by atoms with Gasteiger partial charge in [0.2, 0.25) is 12.2 Å². The van der Waals surface area contributed by atoms with Crippen molar-refractivity contribution in [1.29, 1.82) is 0 Å². The Balaban J connectivity index is 1.11. The number of Topliss-reactive ketones (excluding diaryl/α,β-unsaturated/α-hetero) is 1. The summed E-state index contributed by atoms with van der Waals surface area (Å²) in [7, 11) is 1.50. The third-order valence-electron chi connectivity index (χ3n) is 7.22. The monoisotopic (exact) mass is 587 g/mol. The molecule has 15 heteroatoms. The molecule has 2 fully saturated rings. The predicted molar refractivity (Wildman–Crippen MR) is 151 cm³/mol. The normalized spacial score (nSPS) is 15.9. The van der Waals surface area contributed by atoms with Crippen molar-refractivity contribution in [2.24, 2.45) is 0 Å². The number of ketones is 1. The number of aromatic nitrogens is 7. The number of nitrogens with one attached hydrogen (secondary N) is 1. The van der Waals surface area contributed by atoms with E-state index in [0.717, 1.165) is 5.69 Å². The van der Waals surface area contributed by atoms with Crippen molar-refractivity contribution in [2.75, 3.05) is 51.4 Å². The molecule has 1 amide bonds. The molecule has 14 nitrogen and oxygen atoms in total. The number of benzene rings is 1. The van der Waals surface area contributed by atoms with E-state index >= 15 is 0 Å². The van der Waals surface area contributed by atoms with Crippen LogP contribution in [0.2, 0.25) is 0 Å². The molecule has 0 radical (unpaired) electrons. The summed E-state index contributed by atoms with van der Waals surface area (Å²) in [4.78, 5) is 42.9. The molecule has 0 aliphatic carbocycles. The van der Waals surface area contributed by atoms with Crippen LogP contribution in [-0.4, -0.2) is 98.3 Å². The average Bonchev–Trinajstić information content (AvgIpc) is 3.86. The van der Waals surface area contributed by atoms with Crippen LogP contribution < -0.4 is 9.64 Å². The zero-order valence-electron chi connectivity index (χ0n) is 22.5. The maximum Gasteiger partial charge on any atom is 0.295 e. The number of aromatic amines is 1. The van der Waals surface area contributed by atoms with Gasteiger partial charge in [0.05, 0.1) is 48.7 Å². The van der Waals surface area contributed by atoms with Crippen molar-refractivity contribution in [3.63, 3.8) is 0 Å². The summed E-state index contributed by atoms with van der Waals surface area (Å²) in [6, 6.07) is 9.58. The fourth-order valence-corrected chi connectivity index (χ4v) is 5.93. The van der Waals surface area contributed by atoms with Crippen LogP contribution in [0.1, 0.15) is 21.7 Å². The Hall–Kier alpha value is -4.73. The van der Waals surface area contributed by atoms with E-state index in [1.54, 1.807) is 9.58 Å². The molecular weight excluding hydrogens is 562 g/mol. The molecule has 1 aromatic carbocycles. The van der Waals surface area contributed by atoms with E-state index in [9.17, 15) is 9.59 Å². The molecule has 2 aliphatic heterocycles. The van der Waals surface area contributed by atoms with Gasteiger partial charge >= 0.3 is 0 Å². The number of piperazine rings is 1. The highest BCUT2D eigenvalue weighted by molar-refractivity contribution is 7.10. The fourth-order valence-electron chi connectivity index (χ4n) is 5.14. The van der Waals surface area contributed by atoms with E-state index in [2.05, 4.69) is 30.5 Å². The molecule has 214 valence electrons. The number of tetrazole rings is 1. The number of methoxy groups -OCH3 is 1. The first-order chi connectivity index (χ1) is 20.6. The van der Waals surface area contributed by atoms with Crippen LogP contribution in [0.25, 0.3) is 28.0 Å². The minimum atomic E-state index is -0.633. The van der Waals surface area contributed by atoms with Gasteiger partial charge in [0.25, 0.3) is 11.7 Å². The number of H-pyrrole nitrogens is 1. The van der Waals surface area contributed by atoms with Gasteiger partial charge in [-0.05, 0) is 22.6 Å². The first kappa shape index (κ1) is 26.2. The minimum absolute atomic E-state index is 0.212. The number of fused-ring (bicyclic) bond motifs is 1. The SMILES string of the molecule is COc1cnc(-c2csc(C3OCCO3)n2)c2[nH]cc(C(=O)C(=O)N3CCN(c4nnnn4-c4ccccc4)CC3)c12. The number of carbonyl (C=O) groups excluding carboxylic acids is 2. The van der Waals surface area contributed by atoms with Gasteiger partial charge < -0.3 is 29.0 Å². The molecule has 4 aromatic heterocycles. The first-order valence-corrected chi connectivity index (χ1v) is 14.2. The van der Waals surface area contributed by atoms with Crippen molar-refractivity contribution in [2.45, 2.75) is 6.29 Å². The second-order valence-electron chi connectivity index (χ2n) is 9.61. The summed E-state index contributed by atoms with van der Waals surface area (Å²) in [5.41, 5.74) is 2.73. The van der Waals surface area contributed by atoms with Gasteiger partial charge in [-0.25, -0.2) is 9.97 Å². The molecule has 0 atom stereocenters. The smallest absolute Gasteiger partial charge is 0.295 e. The number of amides is 1.